The highest BCUT2D eigenvalue weighted by molar-refractivity contribution is 6.02. The van der Waals surface area contributed by atoms with Crippen molar-refractivity contribution in [2.45, 2.75) is 6.54 Å². The van der Waals surface area contributed by atoms with Crippen molar-refractivity contribution in [1.29, 1.82) is 0 Å². The van der Waals surface area contributed by atoms with E-state index >= 15 is 0 Å². The smallest absolute Gasteiger partial charge is 0.291 e. The standard InChI is InChI=1S/C27H20N2O3/c30-26(23-14-10-21(11-15-23)9-8-20-5-2-1-3-6-20)28-19-22-12-16-24(17-13-22)29-27(31)25-7-4-18-32-25/h1-7,10-18H,19H2,(H,28,30)(H,29,31). The predicted octanol–water partition coefficient (Wildman–Crippen LogP) is 4.86. The Balaban J connectivity index is 1.29. The van der Waals surface area contributed by atoms with E-state index < -0.39 is 0 Å². The van der Waals surface area contributed by atoms with Crippen LogP contribution in [0.15, 0.2) is 102 Å². The topological polar surface area (TPSA) is 71.3 Å². The molecule has 2 amide bonds. The van der Waals surface area contributed by atoms with Crippen molar-refractivity contribution < 1.29 is 14.0 Å². The summed E-state index contributed by atoms with van der Waals surface area (Å²) in [7, 11) is 0. The van der Waals surface area contributed by atoms with Crippen molar-refractivity contribution in [3.05, 3.63) is 125 Å². The molecule has 1 aromatic heterocycles. The summed E-state index contributed by atoms with van der Waals surface area (Å²) < 4.78 is 5.07. The van der Waals surface area contributed by atoms with Gasteiger partial charge in [0.05, 0.1) is 6.26 Å². The summed E-state index contributed by atoms with van der Waals surface area (Å²) in [5.41, 5.74) is 3.92. The molecule has 0 aliphatic carbocycles. The molecule has 3 aromatic carbocycles. The second-order valence-corrected chi connectivity index (χ2v) is 7.00. The summed E-state index contributed by atoms with van der Waals surface area (Å²) in [4.78, 5) is 24.4. The number of anilines is 1. The number of rotatable bonds is 5. The van der Waals surface area contributed by atoms with Crippen LogP contribution in [0.4, 0.5) is 5.69 Å². The Kier molecular flexibility index (Phi) is 6.45. The van der Waals surface area contributed by atoms with E-state index in [2.05, 4.69) is 22.5 Å². The molecule has 0 aliphatic rings. The van der Waals surface area contributed by atoms with Crippen LogP contribution in [0.5, 0.6) is 0 Å². The molecule has 32 heavy (non-hydrogen) atoms. The number of furan rings is 1. The van der Waals surface area contributed by atoms with Crippen LogP contribution < -0.4 is 10.6 Å². The van der Waals surface area contributed by atoms with Crippen LogP contribution in [0.25, 0.3) is 0 Å². The molecule has 0 unspecified atom stereocenters. The molecular formula is C27H20N2O3. The number of hydrogen-bond donors (Lipinski definition) is 2. The van der Waals surface area contributed by atoms with Gasteiger partial charge in [0.2, 0.25) is 0 Å². The van der Waals surface area contributed by atoms with Crippen molar-refractivity contribution in [3.63, 3.8) is 0 Å². The fourth-order valence-electron chi connectivity index (χ4n) is 2.96. The van der Waals surface area contributed by atoms with Crippen molar-refractivity contribution >= 4 is 17.5 Å². The van der Waals surface area contributed by atoms with Gasteiger partial charge in [0.15, 0.2) is 5.76 Å². The molecule has 1 heterocycles. The summed E-state index contributed by atoms with van der Waals surface area (Å²) in [6.45, 7) is 0.376. The van der Waals surface area contributed by atoms with E-state index in [0.29, 0.717) is 17.8 Å². The molecule has 0 bridgehead atoms. The first kappa shape index (κ1) is 20.7. The highest BCUT2D eigenvalue weighted by atomic mass is 16.3. The molecule has 5 nitrogen and oxygen atoms in total. The Morgan fingerprint density at radius 2 is 1.41 bits per heavy atom. The lowest BCUT2D eigenvalue weighted by Crippen LogP contribution is -2.22. The first-order valence-electron chi connectivity index (χ1n) is 10.1. The van der Waals surface area contributed by atoms with Gasteiger partial charge in [-0.1, -0.05) is 42.2 Å². The van der Waals surface area contributed by atoms with Gasteiger partial charge in [0.1, 0.15) is 0 Å². The average Bonchev–Trinajstić information content (AvgIpc) is 3.38. The first-order valence-corrected chi connectivity index (χ1v) is 10.1. The fourth-order valence-corrected chi connectivity index (χ4v) is 2.96. The van der Waals surface area contributed by atoms with E-state index in [1.807, 2.05) is 54.6 Å². The maximum absolute atomic E-state index is 12.4. The molecule has 0 spiro atoms. The van der Waals surface area contributed by atoms with Crippen molar-refractivity contribution in [2.24, 2.45) is 0 Å². The number of benzene rings is 3. The lowest BCUT2D eigenvalue weighted by Gasteiger charge is -2.07. The molecule has 0 saturated heterocycles. The Labute approximate surface area is 186 Å². The van der Waals surface area contributed by atoms with Crippen molar-refractivity contribution in [1.82, 2.24) is 5.32 Å². The summed E-state index contributed by atoms with van der Waals surface area (Å²) in [6, 6.07) is 27.5. The molecule has 2 N–H and O–H groups in total. The van der Waals surface area contributed by atoms with E-state index in [1.54, 1.807) is 36.4 Å². The van der Waals surface area contributed by atoms with Crippen LogP contribution in [0.2, 0.25) is 0 Å². The third-order valence-corrected chi connectivity index (χ3v) is 4.68. The highest BCUT2D eigenvalue weighted by Crippen LogP contribution is 2.12. The third-order valence-electron chi connectivity index (χ3n) is 4.68. The molecule has 156 valence electrons. The first-order chi connectivity index (χ1) is 15.7. The molecule has 4 aromatic rings. The Morgan fingerprint density at radius 3 is 2.06 bits per heavy atom. The lowest BCUT2D eigenvalue weighted by atomic mass is 10.1. The van der Waals surface area contributed by atoms with Crippen molar-refractivity contribution in [2.75, 3.05) is 5.32 Å². The second-order valence-electron chi connectivity index (χ2n) is 7.00. The van der Waals surface area contributed by atoms with Gasteiger partial charge in [-0.25, -0.2) is 0 Å². The van der Waals surface area contributed by atoms with Gasteiger partial charge >= 0.3 is 0 Å². The van der Waals surface area contributed by atoms with Gasteiger partial charge in [0, 0.05) is 28.9 Å². The van der Waals surface area contributed by atoms with Crippen molar-refractivity contribution in [3.8, 4) is 11.8 Å². The minimum Gasteiger partial charge on any atom is -0.459 e. The molecule has 0 atom stereocenters. The van der Waals surface area contributed by atoms with Gasteiger partial charge in [-0.2, -0.15) is 0 Å². The normalized spacial score (nSPS) is 10.0. The van der Waals surface area contributed by atoms with E-state index in [0.717, 1.165) is 16.7 Å². The van der Waals surface area contributed by atoms with Gasteiger partial charge in [-0.3, -0.25) is 9.59 Å². The molecule has 0 saturated carbocycles. The summed E-state index contributed by atoms with van der Waals surface area (Å²) >= 11 is 0. The maximum Gasteiger partial charge on any atom is 0.291 e. The molecule has 5 heteroatoms. The van der Waals surface area contributed by atoms with Gasteiger partial charge in [-0.05, 0) is 66.2 Å². The molecule has 0 radical (unpaired) electrons. The molecular weight excluding hydrogens is 400 g/mol. The molecule has 0 fully saturated rings. The minimum absolute atomic E-state index is 0.164. The second kappa shape index (κ2) is 9.96. The Morgan fingerprint density at radius 1 is 0.719 bits per heavy atom. The number of amides is 2. The monoisotopic (exact) mass is 420 g/mol. The zero-order valence-electron chi connectivity index (χ0n) is 17.2. The van der Waals surface area contributed by atoms with Crippen LogP contribution >= 0.6 is 0 Å². The van der Waals surface area contributed by atoms with Gasteiger partial charge < -0.3 is 15.1 Å². The van der Waals surface area contributed by atoms with Crippen LogP contribution in [-0.2, 0) is 6.54 Å². The van der Waals surface area contributed by atoms with E-state index in [1.165, 1.54) is 6.26 Å². The summed E-state index contributed by atoms with van der Waals surface area (Å²) in [6.07, 6.45) is 1.45. The molecule has 4 rings (SSSR count). The maximum atomic E-state index is 12.4. The number of nitrogens with one attached hydrogen (secondary N) is 2. The average molecular weight is 420 g/mol. The van der Waals surface area contributed by atoms with E-state index in [-0.39, 0.29) is 17.6 Å². The lowest BCUT2D eigenvalue weighted by molar-refractivity contribution is 0.0950. The predicted molar refractivity (Wildman–Crippen MR) is 123 cm³/mol. The summed E-state index contributed by atoms with van der Waals surface area (Å²) in [5.74, 6) is 5.97. The number of carbonyl (C=O) groups is 2. The van der Waals surface area contributed by atoms with Crippen LogP contribution in [0.3, 0.4) is 0 Å². The van der Waals surface area contributed by atoms with E-state index in [9.17, 15) is 9.59 Å². The van der Waals surface area contributed by atoms with E-state index in [4.69, 9.17) is 4.42 Å². The fraction of sp³-hybridized carbons (Fsp3) is 0.0370. The van der Waals surface area contributed by atoms with Crippen LogP contribution in [0.1, 0.15) is 37.6 Å². The number of carbonyl (C=O) groups excluding carboxylic acids is 2. The summed E-state index contributed by atoms with van der Waals surface area (Å²) in [5, 5.41) is 5.66. The molecule has 0 aliphatic heterocycles. The van der Waals surface area contributed by atoms with Crippen LogP contribution in [0, 0.1) is 11.8 Å². The van der Waals surface area contributed by atoms with Gasteiger partial charge in [-0.15, -0.1) is 0 Å². The highest BCUT2D eigenvalue weighted by Gasteiger charge is 2.09. The zero-order valence-corrected chi connectivity index (χ0v) is 17.2. The quantitative estimate of drug-likeness (QED) is 0.453. The van der Waals surface area contributed by atoms with Crippen LogP contribution in [-0.4, -0.2) is 11.8 Å². The third kappa shape index (κ3) is 5.53. The SMILES string of the molecule is O=C(NCc1ccc(NC(=O)c2ccco2)cc1)c1ccc(C#Cc2ccccc2)cc1. The largest absolute Gasteiger partial charge is 0.459 e. The zero-order chi connectivity index (χ0) is 22.2. The minimum atomic E-state index is -0.312. The number of hydrogen-bond acceptors (Lipinski definition) is 3. The Bertz CT molecular complexity index is 1250. The van der Waals surface area contributed by atoms with Gasteiger partial charge in [0.25, 0.3) is 11.8 Å². The Hall–Kier alpha value is -4.56.